The minimum Gasteiger partial charge on any atom is -0.478 e. The van der Waals surface area contributed by atoms with Crippen LogP contribution in [0.1, 0.15) is 10.4 Å². The molecule has 0 unspecified atom stereocenters. The van der Waals surface area contributed by atoms with E-state index < -0.39 is 16.0 Å². The van der Waals surface area contributed by atoms with Gasteiger partial charge in [0.25, 0.3) is 10.0 Å². The third-order valence-electron chi connectivity index (χ3n) is 2.43. The maximum absolute atomic E-state index is 12.2. The van der Waals surface area contributed by atoms with Gasteiger partial charge in [0.1, 0.15) is 10.7 Å². The van der Waals surface area contributed by atoms with Crippen LogP contribution in [-0.2, 0) is 10.0 Å². The van der Waals surface area contributed by atoms with Gasteiger partial charge in [-0.1, -0.05) is 27.5 Å². The molecule has 21 heavy (non-hydrogen) atoms. The molecule has 0 atom stereocenters. The molecule has 0 fully saturated rings. The molecular formula is C12H8BrClN2O4S. The van der Waals surface area contributed by atoms with Crippen molar-refractivity contribution >= 4 is 49.3 Å². The number of nitrogens with zero attached hydrogens (tertiary/aromatic N) is 1. The lowest BCUT2D eigenvalue weighted by atomic mass is 10.3. The molecule has 0 aliphatic carbocycles. The van der Waals surface area contributed by atoms with Gasteiger partial charge in [-0.2, -0.15) is 0 Å². The van der Waals surface area contributed by atoms with E-state index in [1.807, 2.05) is 0 Å². The maximum atomic E-state index is 12.2. The highest BCUT2D eigenvalue weighted by atomic mass is 79.9. The van der Waals surface area contributed by atoms with Gasteiger partial charge in [0.15, 0.2) is 0 Å². The van der Waals surface area contributed by atoms with Crippen LogP contribution in [0.5, 0.6) is 0 Å². The van der Waals surface area contributed by atoms with Crippen molar-refractivity contribution in [1.82, 2.24) is 4.98 Å². The highest BCUT2D eigenvalue weighted by Gasteiger charge is 2.19. The van der Waals surface area contributed by atoms with E-state index in [-0.39, 0.29) is 21.3 Å². The molecule has 9 heteroatoms. The molecular weight excluding hydrogens is 384 g/mol. The SMILES string of the molecule is O=C(O)c1ccc(NS(=O)(=O)c2ccc(Br)cc2Cl)nc1. The Balaban J connectivity index is 2.30. The molecule has 2 rings (SSSR count). The Labute approximate surface area is 134 Å². The summed E-state index contributed by atoms with van der Waals surface area (Å²) < 4.78 is 27.2. The summed E-state index contributed by atoms with van der Waals surface area (Å²) in [7, 11) is -3.91. The first kappa shape index (κ1) is 15.7. The number of carbonyl (C=O) groups is 1. The lowest BCUT2D eigenvalue weighted by Crippen LogP contribution is -2.14. The minimum absolute atomic E-state index is 0.000939. The van der Waals surface area contributed by atoms with Crippen molar-refractivity contribution in [3.63, 3.8) is 0 Å². The molecule has 0 saturated carbocycles. The van der Waals surface area contributed by atoms with Crippen LogP contribution in [0, 0.1) is 0 Å². The number of pyridine rings is 1. The molecule has 2 N–H and O–H groups in total. The first-order valence-electron chi connectivity index (χ1n) is 5.47. The van der Waals surface area contributed by atoms with Gasteiger partial charge >= 0.3 is 5.97 Å². The molecule has 110 valence electrons. The summed E-state index contributed by atoms with van der Waals surface area (Å²) in [6.07, 6.45) is 1.06. The molecule has 1 aromatic carbocycles. The fraction of sp³-hybridized carbons (Fsp3) is 0. The molecule has 6 nitrogen and oxygen atoms in total. The molecule has 1 heterocycles. The molecule has 0 spiro atoms. The largest absolute Gasteiger partial charge is 0.478 e. The Kier molecular flexibility index (Phi) is 4.50. The van der Waals surface area contributed by atoms with Crippen molar-refractivity contribution in [2.45, 2.75) is 4.90 Å². The summed E-state index contributed by atoms with van der Waals surface area (Å²) >= 11 is 9.08. The standard InChI is InChI=1S/C12H8BrClN2O4S/c13-8-2-3-10(9(14)5-8)21(19,20)16-11-4-1-7(6-15-11)12(17)18/h1-6H,(H,15,16)(H,17,18). The van der Waals surface area contributed by atoms with E-state index in [9.17, 15) is 13.2 Å². The number of anilines is 1. The van der Waals surface area contributed by atoms with Gasteiger partial charge < -0.3 is 5.11 Å². The first-order chi connectivity index (χ1) is 9.79. The Hall–Kier alpha value is -1.64. The number of carboxylic acid groups (broad SMARTS) is 1. The molecule has 0 saturated heterocycles. The van der Waals surface area contributed by atoms with Crippen molar-refractivity contribution in [3.8, 4) is 0 Å². The Morgan fingerprint density at radius 1 is 1.29 bits per heavy atom. The van der Waals surface area contributed by atoms with E-state index in [0.717, 1.165) is 6.20 Å². The number of hydrogen-bond donors (Lipinski definition) is 2. The van der Waals surface area contributed by atoms with Gasteiger partial charge in [-0.25, -0.2) is 18.2 Å². The number of hydrogen-bond acceptors (Lipinski definition) is 4. The van der Waals surface area contributed by atoms with Crippen LogP contribution in [0.4, 0.5) is 5.82 Å². The average molecular weight is 392 g/mol. The monoisotopic (exact) mass is 390 g/mol. The summed E-state index contributed by atoms with van der Waals surface area (Å²) in [5.74, 6) is -1.15. The summed E-state index contributed by atoms with van der Waals surface area (Å²) in [4.78, 5) is 14.3. The Morgan fingerprint density at radius 3 is 2.52 bits per heavy atom. The van der Waals surface area contributed by atoms with Crippen LogP contribution in [0.15, 0.2) is 45.9 Å². The third kappa shape index (κ3) is 3.72. The van der Waals surface area contributed by atoms with Crippen LogP contribution in [-0.4, -0.2) is 24.5 Å². The van der Waals surface area contributed by atoms with Gasteiger partial charge in [-0.15, -0.1) is 0 Å². The van der Waals surface area contributed by atoms with Crippen molar-refractivity contribution in [2.24, 2.45) is 0 Å². The summed E-state index contributed by atoms with van der Waals surface area (Å²) in [5, 5.41) is 8.80. The fourth-order valence-corrected chi connectivity index (χ4v) is 3.51. The van der Waals surface area contributed by atoms with Crippen LogP contribution < -0.4 is 4.72 Å². The van der Waals surface area contributed by atoms with Crippen molar-refractivity contribution in [2.75, 3.05) is 4.72 Å². The minimum atomic E-state index is -3.91. The number of sulfonamides is 1. The predicted molar refractivity (Wildman–Crippen MR) is 81.2 cm³/mol. The number of carboxylic acids is 1. The van der Waals surface area contributed by atoms with Crippen LogP contribution in [0.2, 0.25) is 5.02 Å². The second-order valence-corrected chi connectivity index (χ2v) is 6.89. The predicted octanol–water partition coefficient (Wildman–Crippen LogP) is 3.00. The summed E-state index contributed by atoms with van der Waals surface area (Å²) in [6.45, 7) is 0. The molecule has 0 radical (unpaired) electrons. The zero-order chi connectivity index (χ0) is 15.6. The van der Waals surface area contributed by atoms with E-state index in [0.29, 0.717) is 4.47 Å². The number of benzene rings is 1. The Morgan fingerprint density at radius 2 is 2.00 bits per heavy atom. The van der Waals surface area contributed by atoms with Crippen LogP contribution in [0.25, 0.3) is 0 Å². The van der Waals surface area contributed by atoms with Crippen molar-refractivity contribution in [3.05, 3.63) is 51.6 Å². The second-order valence-electron chi connectivity index (χ2n) is 3.92. The van der Waals surface area contributed by atoms with Gasteiger partial charge in [-0.05, 0) is 30.3 Å². The third-order valence-corrected chi connectivity index (χ3v) is 4.76. The summed E-state index contributed by atoms with van der Waals surface area (Å²) in [5.41, 5.74) is -0.0420. The number of aromatic carboxylic acids is 1. The normalized spacial score (nSPS) is 11.1. The smallest absolute Gasteiger partial charge is 0.337 e. The summed E-state index contributed by atoms with van der Waals surface area (Å²) in [6, 6.07) is 6.85. The molecule has 1 aromatic heterocycles. The first-order valence-corrected chi connectivity index (χ1v) is 8.12. The fourth-order valence-electron chi connectivity index (χ4n) is 1.47. The molecule has 0 aliphatic heterocycles. The zero-order valence-corrected chi connectivity index (χ0v) is 13.4. The van der Waals surface area contributed by atoms with Crippen molar-refractivity contribution in [1.29, 1.82) is 0 Å². The van der Waals surface area contributed by atoms with Gasteiger partial charge in [-0.3, -0.25) is 4.72 Å². The molecule has 0 amide bonds. The Bertz CT molecular complexity index is 793. The van der Waals surface area contributed by atoms with E-state index in [1.54, 1.807) is 6.07 Å². The number of nitrogens with one attached hydrogen (secondary N) is 1. The van der Waals surface area contributed by atoms with Crippen LogP contribution in [0.3, 0.4) is 0 Å². The maximum Gasteiger partial charge on any atom is 0.337 e. The number of halogens is 2. The van der Waals surface area contributed by atoms with Gasteiger partial charge in [0.05, 0.1) is 10.6 Å². The number of rotatable bonds is 4. The average Bonchev–Trinajstić information content (AvgIpc) is 2.38. The zero-order valence-electron chi connectivity index (χ0n) is 10.2. The van der Waals surface area contributed by atoms with E-state index in [4.69, 9.17) is 16.7 Å². The molecule has 0 bridgehead atoms. The van der Waals surface area contributed by atoms with E-state index in [2.05, 4.69) is 25.6 Å². The molecule has 2 aromatic rings. The van der Waals surface area contributed by atoms with E-state index in [1.165, 1.54) is 24.3 Å². The quantitative estimate of drug-likeness (QED) is 0.835. The van der Waals surface area contributed by atoms with E-state index >= 15 is 0 Å². The van der Waals surface area contributed by atoms with Crippen LogP contribution >= 0.6 is 27.5 Å². The highest BCUT2D eigenvalue weighted by Crippen LogP contribution is 2.26. The molecule has 0 aliphatic rings. The highest BCUT2D eigenvalue weighted by molar-refractivity contribution is 9.10. The van der Waals surface area contributed by atoms with Crippen molar-refractivity contribution < 1.29 is 18.3 Å². The number of aromatic nitrogens is 1. The van der Waals surface area contributed by atoms with Gasteiger partial charge in [0, 0.05) is 10.7 Å². The lowest BCUT2D eigenvalue weighted by Gasteiger charge is -2.09. The second kappa shape index (κ2) is 6.00. The van der Waals surface area contributed by atoms with Gasteiger partial charge in [0.2, 0.25) is 0 Å². The topological polar surface area (TPSA) is 96.4 Å². The lowest BCUT2D eigenvalue weighted by molar-refractivity contribution is 0.0696.